The second kappa shape index (κ2) is 2.99. The fourth-order valence-electron chi connectivity index (χ4n) is 1.30. The van der Waals surface area contributed by atoms with Gasteiger partial charge >= 0.3 is 0 Å². The van der Waals surface area contributed by atoms with Crippen molar-refractivity contribution >= 4 is 29.0 Å². The van der Waals surface area contributed by atoms with E-state index in [1.54, 1.807) is 0 Å². The zero-order valence-electron chi connectivity index (χ0n) is 5.21. The molecule has 0 spiro atoms. The molecule has 0 heterocycles. The van der Waals surface area contributed by atoms with Gasteiger partial charge in [0.1, 0.15) is 0 Å². The molecule has 1 fully saturated rings. The number of hydrogen-bond donors (Lipinski definition) is 2. The van der Waals surface area contributed by atoms with Gasteiger partial charge in [0.05, 0.1) is 0 Å². The van der Waals surface area contributed by atoms with Crippen LogP contribution in [-0.2, 0) is 0 Å². The fourth-order valence-corrected chi connectivity index (χ4v) is 1.91. The van der Waals surface area contributed by atoms with Crippen molar-refractivity contribution in [2.75, 3.05) is 0 Å². The van der Waals surface area contributed by atoms with E-state index in [-0.39, 0.29) is 6.04 Å². The first-order chi connectivity index (χ1) is 4.22. The molecule has 9 heavy (non-hydrogen) atoms. The second-order valence-corrected chi connectivity index (χ2v) is 3.76. The van der Waals surface area contributed by atoms with Crippen molar-refractivity contribution in [3.05, 3.63) is 0 Å². The highest BCUT2D eigenvalue weighted by molar-refractivity contribution is 8.11. The molecule has 1 rings (SSSR count). The van der Waals surface area contributed by atoms with Crippen LogP contribution >= 0.6 is 24.8 Å². The van der Waals surface area contributed by atoms with Crippen LogP contribution in [0, 0.1) is 5.92 Å². The third-order valence-corrected chi connectivity index (χ3v) is 2.52. The van der Waals surface area contributed by atoms with Gasteiger partial charge in [0.2, 0.25) is 0 Å². The van der Waals surface area contributed by atoms with Gasteiger partial charge in [-0.05, 0) is 12.8 Å². The van der Waals surface area contributed by atoms with Crippen molar-refractivity contribution in [2.45, 2.75) is 25.3 Å². The topological polar surface area (TPSA) is 26.0 Å². The van der Waals surface area contributed by atoms with Crippen molar-refractivity contribution in [1.29, 1.82) is 0 Å². The van der Waals surface area contributed by atoms with Gasteiger partial charge in [-0.1, -0.05) is 18.6 Å². The van der Waals surface area contributed by atoms with Crippen LogP contribution in [0.4, 0.5) is 0 Å². The predicted molar refractivity (Wildman–Crippen MR) is 46.9 cm³/mol. The molecule has 0 aromatic carbocycles. The summed E-state index contributed by atoms with van der Waals surface area (Å²) in [4.78, 5) is 0. The summed E-state index contributed by atoms with van der Waals surface area (Å²) < 4.78 is 0.792. The minimum absolute atomic E-state index is 0.287. The van der Waals surface area contributed by atoms with Crippen LogP contribution in [0.5, 0.6) is 0 Å². The van der Waals surface area contributed by atoms with Crippen LogP contribution in [0.1, 0.15) is 19.3 Å². The molecule has 3 heteroatoms. The fraction of sp³-hybridized carbons (Fsp3) is 0.833. The summed E-state index contributed by atoms with van der Waals surface area (Å²) in [6.07, 6.45) is 3.47. The maximum Gasteiger partial charge on any atom is 0.0494 e. The first-order valence-electron chi connectivity index (χ1n) is 3.20. The van der Waals surface area contributed by atoms with Crippen LogP contribution in [0.2, 0.25) is 0 Å². The average molecular weight is 161 g/mol. The van der Waals surface area contributed by atoms with E-state index in [1.165, 1.54) is 6.42 Å². The number of hydrogen-bond acceptors (Lipinski definition) is 2. The molecule has 0 bridgehead atoms. The Morgan fingerprint density at radius 3 is 2.44 bits per heavy atom. The summed E-state index contributed by atoms with van der Waals surface area (Å²) in [5, 5.41) is 0. The van der Waals surface area contributed by atoms with E-state index in [0.717, 1.165) is 17.0 Å². The van der Waals surface area contributed by atoms with Crippen molar-refractivity contribution in [1.82, 2.24) is 0 Å². The van der Waals surface area contributed by atoms with E-state index in [2.05, 4.69) is 12.6 Å². The predicted octanol–water partition coefficient (Wildman–Crippen LogP) is 1.37. The normalized spacial score (nSPS) is 34.9. The van der Waals surface area contributed by atoms with E-state index >= 15 is 0 Å². The van der Waals surface area contributed by atoms with Gasteiger partial charge in [-0.25, -0.2) is 0 Å². The van der Waals surface area contributed by atoms with Crippen molar-refractivity contribution in [3.63, 3.8) is 0 Å². The number of nitrogens with two attached hydrogens (primary N) is 1. The first-order valence-corrected chi connectivity index (χ1v) is 4.06. The van der Waals surface area contributed by atoms with E-state index in [9.17, 15) is 0 Å². The Balaban J connectivity index is 2.49. The minimum atomic E-state index is 0.287. The highest BCUT2D eigenvalue weighted by Crippen LogP contribution is 2.26. The van der Waals surface area contributed by atoms with E-state index in [4.69, 9.17) is 18.0 Å². The van der Waals surface area contributed by atoms with Gasteiger partial charge in [0.15, 0.2) is 0 Å². The van der Waals surface area contributed by atoms with Crippen LogP contribution in [0.3, 0.4) is 0 Å². The smallest absolute Gasteiger partial charge is 0.0494 e. The molecule has 1 saturated carbocycles. The van der Waals surface area contributed by atoms with Gasteiger partial charge < -0.3 is 5.73 Å². The summed E-state index contributed by atoms with van der Waals surface area (Å²) in [6.45, 7) is 0. The zero-order chi connectivity index (χ0) is 6.85. The number of thiocarbonyl (C=S) groups is 1. The SMILES string of the molecule is NC1CCCC1C(=S)S. The molecule has 0 aromatic heterocycles. The molecular formula is C6H11NS2. The van der Waals surface area contributed by atoms with Crippen LogP contribution in [-0.4, -0.2) is 10.2 Å². The van der Waals surface area contributed by atoms with Gasteiger partial charge in [-0.15, -0.1) is 12.6 Å². The zero-order valence-corrected chi connectivity index (χ0v) is 6.92. The lowest BCUT2D eigenvalue weighted by molar-refractivity contribution is 0.625. The third kappa shape index (κ3) is 1.66. The lowest BCUT2D eigenvalue weighted by atomic mass is 10.1. The Bertz CT molecular complexity index is 124. The van der Waals surface area contributed by atoms with Gasteiger partial charge in [0.25, 0.3) is 0 Å². The summed E-state index contributed by atoms with van der Waals surface area (Å²) >= 11 is 9.02. The standard InChI is InChI=1S/C6H11NS2/c7-5-3-1-2-4(5)6(8)9/h4-5H,1-3,7H2,(H,8,9). The Morgan fingerprint density at radius 1 is 1.56 bits per heavy atom. The lowest BCUT2D eigenvalue weighted by Gasteiger charge is -2.11. The number of rotatable bonds is 1. The maximum atomic E-state index is 5.74. The highest BCUT2D eigenvalue weighted by Gasteiger charge is 2.25. The van der Waals surface area contributed by atoms with Gasteiger partial charge in [-0.2, -0.15) is 0 Å². The van der Waals surface area contributed by atoms with Crippen LogP contribution < -0.4 is 5.73 Å². The highest BCUT2D eigenvalue weighted by atomic mass is 32.1. The molecule has 0 saturated heterocycles. The molecule has 1 aliphatic rings. The molecule has 0 aliphatic heterocycles. The molecule has 0 amide bonds. The second-order valence-electron chi connectivity index (χ2n) is 2.54. The monoisotopic (exact) mass is 161 g/mol. The maximum absolute atomic E-state index is 5.74. The van der Waals surface area contributed by atoms with Gasteiger partial charge in [0, 0.05) is 16.2 Å². The van der Waals surface area contributed by atoms with Crippen molar-refractivity contribution in [3.8, 4) is 0 Å². The molecule has 1 aliphatic carbocycles. The summed E-state index contributed by atoms with van der Waals surface area (Å²) in [5.74, 6) is 0.406. The van der Waals surface area contributed by atoms with E-state index in [0.29, 0.717) is 5.92 Å². The molecule has 0 radical (unpaired) electrons. The van der Waals surface area contributed by atoms with E-state index in [1.807, 2.05) is 0 Å². The Morgan fingerprint density at radius 2 is 2.22 bits per heavy atom. The molecule has 52 valence electrons. The van der Waals surface area contributed by atoms with Crippen molar-refractivity contribution in [2.24, 2.45) is 11.7 Å². The Labute approximate surface area is 66.4 Å². The first kappa shape index (κ1) is 7.51. The van der Waals surface area contributed by atoms with Crippen LogP contribution in [0.15, 0.2) is 0 Å². The largest absolute Gasteiger partial charge is 0.327 e. The molecule has 0 aromatic rings. The molecular weight excluding hydrogens is 150 g/mol. The molecule has 1 nitrogen and oxygen atoms in total. The van der Waals surface area contributed by atoms with Gasteiger partial charge in [-0.3, -0.25) is 0 Å². The Kier molecular flexibility index (Phi) is 2.50. The molecule has 2 atom stereocenters. The third-order valence-electron chi connectivity index (χ3n) is 1.89. The Hall–Kier alpha value is 0.400. The quantitative estimate of drug-likeness (QED) is 0.449. The number of thiol groups is 1. The summed E-state index contributed by atoms with van der Waals surface area (Å²) in [7, 11) is 0. The summed E-state index contributed by atoms with van der Waals surface area (Å²) in [5.41, 5.74) is 5.74. The summed E-state index contributed by atoms with van der Waals surface area (Å²) in [6, 6.07) is 0.287. The average Bonchev–Trinajstić information content (AvgIpc) is 2.13. The minimum Gasteiger partial charge on any atom is -0.327 e. The van der Waals surface area contributed by atoms with E-state index < -0.39 is 0 Å². The lowest BCUT2D eigenvalue weighted by Crippen LogP contribution is -2.27. The van der Waals surface area contributed by atoms with Crippen LogP contribution in [0.25, 0.3) is 0 Å². The molecule has 2 N–H and O–H groups in total. The van der Waals surface area contributed by atoms with Crippen molar-refractivity contribution < 1.29 is 0 Å². The molecule has 2 unspecified atom stereocenters.